The second-order valence-electron chi connectivity index (χ2n) is 6.17. The van der Waals surface area contributed by atoms with Crippen LogP contribution in [0.25, 0.3) is 0 Å². The molecule has 1 aromatic carbocycles. The molecule has 0 amide bonds. The number of hydrogen-bond acceptors (Lipinski definition) is 2. The summed E-state index contributed by atoms with van der Waals surface area (Å²) in [6, 6.07) is 4.81. The molecule has 1 atom stereocenters. The van der Waals surface area contributed by atoms with E-state index in [2.05, 4.69) is 32.6 Å². The number of halogens is 1. The highest BCUT2D eigenvalue weighted by molar-refractivity contribution is 5.96. The number of nitrogen functional groups attached to an aromatic ring is 1. The molecular weight excluding hydrogens is 241 g/mol. The van der Waals surface area contributed by atoms with Gasteiger partial charge in [-0.25, -0.2) is 4.39 Å². The second-order valence-corrected chi connectivity index (χ2v) is 6.17. The number of hydrogen-bond donors (Lipinski definition) is 2. The summed E-state index contributed by atoms with van der Waals surface area (Å²) in [5, 5.41) is 7.54. The molecule has 106 valence electrons. The fourth-order valence-corrected chi connectivity index (χ4v) is 2.00. The van der Waals surface area contributed by atoms with Crippen LogP contribution in [0.4, 0.5) is 4.39 Å². The number of benzene rings is 1. The SMILES string of the molecule is CC(N(C)Cc1ccc(F)cc1C(=N)N)C(C)(C)C. The highest BCUT2D eigenvalue weighted by atomic mass is 19.1. The quantitative estimate of drug-likeness (QED) is 0.649. The molecule has 1 aromatic rings. The third kappa shape index (κ3) is 4.03. The fourth-order valence-electron chi connectivity index (χ4n) is 2.00. The van der Waals surface area contributed by atoms with Crippen molar-refractivity contribution in [1.82, 2.24) is 4.90 Å². The minimum Gasteiger partial charge on any atom is -0.384 e. The van der Waals surface area contributed by atoms with Gasteiger partial charge in [0.15, 0.2) is 0 Å². The zero-order valence-corrected chi connectivity index (χ0v) is 12.4. The van der Waals surface area contributed by atoms with E-state index in [0.717, 1.165) is 5.56 Å². The Morgan fingerprint density at radius 2 is 2.00 bits per heavy atom. The Morgan fingerprint density at radius 1 is 1.42 bits per heavy atom. The van der Waals surface area contributed by atoms with Crippen LogP contribution in [0.3, 0.4) is 0 Å². The van der Waals surface area contributed by atoms with Crippen molar-refractivity contribution in [3.8, 4) is 0 Å². The van der Waals surface area contributed by atoms with E-state index in [0.29, 0.717) is 18.2 Å². The van der Waals surface area contributed by atoms with Gasteiger partial charge in [-0.05, 0) is 37.1 Å². The van der Waals surface area contributed by atoms with Crippen molar-refractivity contribution in [2.24, 2.45) is 11.1 Å². The minimum atomic E-state index is -0.361. The second kappa shape index (κ2) is 5.70. The molecule has 4 heteroatoms. The topological polar surface area (TPSA) is 53.1 Å². The van der Waals surface area contributed by atoms with E-state index in [1.807, 2.05) is 7.05 Å². The van der Waals surface area contributed by atoms with E-state index in [1.165, 1.54) is 12.1 Å². The van der Waals surface area contributed by atoms with Crippen molar-refractivity contribution in [3.05, 3.63) is 35.1 Å². The van der Waals surface area contributed by atoms with E-state index in [-0.39, 0.29) is 17.1 Å². The Labute approximate surface area is 115 Å². The Bertz CT molecular complexity index is 463. The van der Waals surface area contributed by atoms with Gasteiger partial charge < -0.3 is 5.73 Å². The number of nitrogens with one attached hydrogen (secondary N) is 1. The average Bonchev–Trinajstić information content (AvgIpc) is 2.28. The van der Waals surface area contributed by atoms with E-state index < -0.39 is 0 Å². The van der Waals surface area contributed by atoms with Crippen molar-refractivity contribution < 1.29 is 4.39 Å². The molecule has 0 saturated heterocycles. The van der Waals surface area contributed by atoms with E-state index in [1.54, 1.807) is 6.07 Å². The van der Waals surface area contributed by atoms with Crippen LogP contribution in [0.15, 0.2) is 18.2 Å². The predicted molar refractivity (Wildman–Crippen MR) is 77.8 cm³/mol. The summed E-state index contributed by atoms with van der Waals surface area (Å²) in [7, 11) is 2.03. The molecule has 0 aliphatic rings. The Morgan fingerprint density at radius 3 is 2.47 bits per heavy atom. The summed E-state index contributed by atoms with van der Waals surface area (Å²) in [5.74, 6) is -0.452. The van der Waals surface area contributed by atoms with Gasteiger partial charge >= 0.3 is 0 Å². The van der Waals surface area contributed by atoms with Crippen LogP contribution < -0.4 is 5.73 Å². The molecule has 3 N–H and O–H groups in total. The molecule has 0 heterocycles. The monoisotopic (exact) mass is 265 g/mol. The maximum atomic E-state index is 13.2. The van der Waals surface area contributed by atoms with E-state index >= 15 is 0 Å². The summed E-state index contributed by atoms with van der Waals surface area (Å²) >= 11 is 0. The van der Waals surface area contributed by atoms with Crippen molar-refractivity contribution in [2.75, 3.05) is 7.05 Å². The molecule has 1 rings (SSSR count). The summed E-state index contributed by atoms with van der Waals surface area (Å²) in [6.45, 7) is 9.37. The number of nitrogens with two attached hydrogens (primary N) is 1. The molecule has 1 unspecified atom stereocenters. The molecule has 0 fully saturated rings. The third-order valence-electron chi connectivity index (χ3n) is 3.70. The van der Waals surface area contributed by atoms with Crippen LogP contribution in [0.2, 0.25) is 0 Å². The van der Waals surface area contributed by atoms with Gasteiger partial charge in [0.25, 0.3) is 0 Å². The zero-order valence-electron chi connectivity index (χ0n) is 12.4. The molecule has 0 aromatic heterocycles. The van der Waals surface area contributed by atoms with Gasteiger partial charge in [-0.2, -0.15) is 0 Å². The van der Waals surface area contributed by atoms with Gasteiger partial charge in [0.2, 0.25) is 0 Å². The van der Waals surface area contributed by atoms with Crippen LogP contribution >= 0.6 is 0 Å². The predicted octanol–water partition coefficient (Wildman–Crippen LogP) is 2.98. The highest BCUT2D eigenvalue weighted by Crippen LogP contribution is 2.25. The average molecular weight is 265 g/mol. The normalized spacial score (nSPS) is 13.6. The maximum Gasteiger partial charge on any atom is 0.123 e. The highest BCUT2D eigenvalue weighted by Gasteiger charge is 2.24. The van der Waals surface area contributed by atoms with Gasteiger partial charge in [-0.15, -0.1) is 0 Å². The smallest absolute Gasteiger partial charge is 0.123 e. The lowest BCUT2D eigenvalue weighted by molar-refractivity contribution is 0.134. The van der Waals surface area contributed by atoms with Crippen molar-refractivity contribution in [3.63, 3.8) is 0 Å². The molecule has 0 bridgehead atoms. The zero-order chi connectivity index (χ0) is 14.8. The Hall–Kier alpha value is -1.42. The summed E-state index contributed by atoms with van der Waals surface area (Å²) in [6.07, 6.45) is 0. The van der Waals surface area contributed by atoms with Gasteiger partial charge in [-0.3, -0.25) is 10.3 Å². The van der Waals surface area contributed by atoms with Gasteiger partial charge in [-0.1, -0.05) is 26.8 Å². The fraction of sp³-hybridized carbons (Fsp3) is 0.533. The minimum absolute atomic E-state index is 0.0914. The Kier molecular flexibility index (Phi) is 4.69. The van der Waals surface area contributed by atoms with Crippen LogP contribution in [0.1, 0.15) is 38.8 Å². The molecule has 0 aliphatic carbocycles. The first-order valence-corrected chi connectivity index (χ1v) is 6.46. The summed E-state index contributed by atoms with van der Waals surface area (Å²) in [4.78, 5) is 2.19. The largest absolute Gasteiger partial charge is 0.384 e. The van der Waals surface area contributed by atoms with Gasteiger partial charge in [0.05, 0.1) is 0 Å². The third-order valence-corrected chi connectivity index (χ3v) is 3.70. The first-order valence-electron chi connectivity index (χ1n) is 6.46. The van der Waals surface area contributed by atoms with E-state index in [4.69, 9.17) is 11.1 Å². The van der Waals surface area contributed by atoms with Gasteiger partial charge in [0, 0.05) is 18.2 Å². The molecule has 0 spiro atoms. The summed E-state index contributed by atoms with van der Waals surface area (Å²) in [5.41, 5.74) is 7.04. The van der Waals surface area contributed by atoms with Crippen molar-refractivity contribution >= 4 is 5.84 Å². The van der Waals surface area contributed by atoms with Crippen LogP contribution in [0.5, 0.6) is 0 Å². The van der Waals surface area contributed by atoms with Crippen molar-refractivity contribution in [1.29, 1.82) is 5.41 Å². The molecule has 19 heavy (non-hydrogen) atoms. The lowest BCUT2D eigenvalue weighted by atomic mass is 9.87. The number of nitrogens with zero attached hydrogens (tertiary/aromatic N) is 1. The standard InChI is InChI=1S/C15H24FN3/c1-10(15(2,3)4)19(5)9-11-6-7-12(16)8-13(11)14(17)18/h6-8,10H,9H2,1-5H3,(H3,17,18). The number of amidine groups is 1. The molecule has 0 radical (unpaired) electrons. The maximum absolute atomic E-state index is 13.2. The Balaban J connectivity index is 2.97. The van der Waals surface area contributed by atoms with Crippen molar-refractivity contribution in [2.45, 2.75) is 40.3 Å². The lowest BCUT2D eigenvalue weighted by Crippen LogP contribution is -2.39. The molecular formula is C15H24FN3. The van der Waals surface area contributed by atoms with Crippen LogP contribution in [0, 0.1) is 16.6 Å². The first kappa shape index (κ1) is 15.6. The molecule has 3 nitrogen and oxygen atoms in total. The molecule has 0 saturated carbocycles. The van der Waals surface area contributed by atoms with Gasteiger partial charge in [0.1, 0.15) is 11.7 Å². The number of rotatable bonds is 4. The lowest BCUT2D eigenvalue weighted by Gasteiger charge is -2.35. The van der Waals surface area contributed by atoms with Crippen LogP contribution in [-0.4, -0.2) is 23.8 Å². The van der Waals surface area contributed by atoms with E-state index in [9.17, 15) is 4.39 Å². The first-order chi connectivity index (χ1) is 8.62. The molecule has 0 aliphatic heterocycles. The van der Waals surface area contributed by atoms with Crippen LogP contribution in [-0.2, 0) is 6.54 Å². The summed E-state index contributed by atoms with van der Waals surface area (Å²) < 4.78 is 13.2.